The van der Waals surface area contributed by atoms with Gasteiger partial charge >= 0.3 is 0 Å². The normalized spacial score (nSPS) is 22.0. The van der Waals surface area contributed by atoms with Crippen LogP contribution in [-0.4, -0.2) is 17.7 Å². The number of rotatable bonds is 0. The Morgan fingerprint density at radius 2 is 1.81 bits per heavy atom. The first kappa shape index (κ1) is 9.09. The first-order valence-electron chi connectivity index (χ1n) is 4.99. The van der Waals surface area contributed by atoms with Gasteiger partial charge in [-0.1, -0.05) is 24.3 Å². The second-order valence-corrected chi connectivity index (χ2v) is 3.71. The summed E-state index contributed by atoms with van der Waals surface area (Å²) in [4.78, 5) is 24.1. The number of ketones is 2. The highest BCUT2D eigenvalue weighted by molar-refractivity contribution is 6.24. The van der Waals surface area contributed by atoms with E-state index in [-0.39, 0.29) is 11.6 Å². The van der Waals surface area contributed by atoms with Gasteiger partial charge in [-0.2, -0.15) is 0 Å². The molecule has 0 bridgehead atoms. The summed E-state index contributed by atoms with van der Waals surface area (Å²) in [6.07, 6.45) is 3.95. The highest BCUT2D eigenvalue weighted by Crippen LogP contribution is 2.29. The molecule has 3 rings (SSSR count). The molecule has 78 valence electrons. The molecule has 1 aliphatic carbocycles. The quantitative estimate of drug-likeness (QED) is 0.659. The number of fused-ring (bicyclic) bond motifs is 2. The summed E-state index contributed by atoms with van der Waals surface area (Å²) in [6, 6.07) is 6.83. The Hall–Kier alpha value is -2.16. The molecule has 0 spiro atoms. The van der Waals surface area contributed by atoms with Gasteiger partial charge in [-0.3, -0.25) is 9.59 Å². The Kier molecular flexibility index (Phi) is 1.80. The molecule has 16 heavy (non-hydrogen) atoms. The highest BCUT2D eigenvalue weighted by Gasteiger charge is 2.38. The van der Waals surface area contributed by atoms with Gasteiger partial charge in [0, 0.05) is 16.7 Å². The van der Waals surface area contributed by atoms with Crippen molar-refractivity contribution >= 4 is 11.6 Å². The fourth-order valence-electron chi connectivity index (χ4n) is 2.02. The van der Waals surface area contributed by atoms with Crippen molar-refractivity contribution in [3.05, 3.63) is 59.4 Å². The smallest absolute Gasteiger partial charge is 0.208 e. The molecular weight excluding hydrogens is 204 g/mol. The minimum Gasteiger partial charge on any atom is -0.485 e. The summed E-state index contributed by atoms with van der Waals surface area (Å²) in [5.41, 5.74) is 1.34. The fraction of sp³-hybridized carbons (Fsp3) is 0.0769. The third kappa shape index (κ3) is 1.08. The highest BCUT2D eigenvalue weighted by atomic mass is 16.5. The SMILES string of the molecule is O=C1C2=CC=COC2C(=O)c2ccccc21. The van der Waals surface area contributed by atoms with Gasteiger partial charge in [0.2, 0.25) is 5.78 Å². The predicted molar refractivity (Wildman–Crippen MR) is 57.2 cm³/mol. The second-order valence-electron chi connectivity index (χ2n) is 3.71. The number of carbonyl (C=O) groups is 2. The van der Waals surface area contributed by atoms with E-state index in [1.807, 2.05) is 0 Å². The van der Waals surface area contributed by atoms with E-state index in [4.69, 9.17) is 4.74 Å². The maximum Gasteiger partial charge on any atom is 0.208 e. The van der Waals surface area contributed by atoms with Crippen molar-refractivity contribution in [1.29, 1.82) is 0 Å². The van der Waals surface area contributed by atoms with Gasteiger partial charge in [0.05, 0.1) is 6.26 Å². The lowest BCUT2D eigenvalue weighted by molar-refractivity contribution is 0.0711. The molecule has 0 amide bonds. The summed E-state index contributed by atoms with van der Waals surface area (Å²) in [5.74, 6) is -0.268. The summed E-state index contributed by atoms with van der Waals surface area (Å²) in [6.45, 7) is 0. The van der Waals surface area contributed by atoms with Crippen LogP contribution in [0.2, 0.25) is 0 Å². The van der Waals surface area contributed by atoms with Crippen molar-refractivity contribution in [2.75, 3.05) is 0 Å². The molecule has 3 nitrogen and oxygen atoms in total. The van der Waals surface area contributed by atoms with Crippen LogP contribution in [-0.2, 0) is 4.74 Å². The van der Waals surface area contributed by atoms with E-state index >= 15 is 0 Å². The van der Waals surface area contributed by atoms with Crippen molar-refractivity contribution in [3.63, 3.8) is 0 Å². The molecular formula is C13H8O3. The zero-order valence-electron chi connectivity index (χ0n) is 8.34. The fourth-order valence-corrected chi connectivity index (χ4v) is 2.02. The molecule has 0 N–H and O–H groups in total. The number of hydrogen-bond acceptors (Lipinski definition) is 3. The van der Waals surface area contributed by atoms with E-state index in [0.29, 0.717) is 16.7 Å². The molecule has 2 aliphatic rings. The molecule has 1 aromatic carbocycles. The Labute approximate surface area is 92.0 Å². The van der Waals surface area contributed by atoms with Crippen LogP contribution >= 0.6 is 0 Å². The van der Waals surface area contributed by atoms with Gasteiger partial charge < -0.3 is 4.74 Å². The maximum absolute atomic E-state index is 12.1. The lowest BCUT2D eigenvalue weighted by atomic mass is 9.83. The zero-order chi connectivity index (χ0) is 11.1. The van der Waals surface area contributed by atoms with E-state index in [9.17, 15) is 9.59 Å². The molecule has 0 saturated heterocycles. The molecule has 1 atom stereocenters. The van der Waals surface area contributed by atoms with Gasteiger partial charge in [0.25, 0.3) is 0 Å². The first-order valence-corrected chi connectivity index (χ1v) is 4.99. The Morgan fingerprint density at radius 1 is 1.06 bits per heavy atom. The van der Waals surface area contributed by atoms with Crippen LogP contribution in [0, 0.1) is 0 Å². The van der Waals surface area contributed by atoms with Gasteiger partial charge in [-0.15, -0.1) is 0 Å². The summed E-state index contributed by atoms with van der Waals surface area (Å²) >= 11 is 0. The molecule has 3 heteroatoms. The second kappa shape index (κ2) is 3.17. The van der Waals surface area contributed by atoms with Crippen molar-refractivity contribution in [1.82, 2.24) is 0 Å². The average Bonchev–Trinajstić information content (AvgIpc) is 2.36. The Morgan fingerprint density at radius 3 is 2.62 bits per heavy atom. The Bertz CT molecular complexity index is 552. The van der Waals surface area contributed by atoms with Crippen LogP contribution in [0.1, 0.15) is 20.7 Å². The lowest BCUT2D eigenvalue weighted by Crippen LogP contribution is -2.36. The zero-order valence-corrected chi connectivity index (χ0v) is 8.34. The number of hydrogen-bond donors (Lipinski definition) is 0. The molecule has 0 fully saturated rings. The first-order chi connectivity index (χ1) is 7.79. The van der Waals surface area contributed by atoms with Crippen molar-refractivity contribution in [3.8, 4) is 0 Å². The molecule has 0 aromatic heterocycles. The largest absolute Gasteiger partial charge is 0.485 e. The van der Waals surface area contributed by atoms with Gasteiger partial charge in [0.1, 0.15) is 0 Å². The third-order valence-electron chi connectivity index (χ3n) is 2.79. The number of carbonyl (C=O) groups excluding carboxylic acids is 2. The van der Waals surface area contributed by atoms with Gasteiger partial charge in [-0.05, 0) is 12.2 Å². The van der Waals surface area contributed by atoms with Crippen LogP contribution in [0.4, 0.5) is 0 Å². The van der Waals surface area contributed by atoms with Gasteiger partial charge in [0.15, 0.2) is 11.9 Å². The van der Waals surface area contributed by atoms with Crippen molar-refractivity contribution in [2.45, 2.75) is 6.10 Å². The van der Waals surface area contributed by atoms with Crippen molar-refractivity contribution in [2.24, 2.45) is 0 Å². The molecule has 1 heterocycles. The van der Waals surface area contributed by atoms with Crippen LogP contribution in [0.3, 0.4) is 0 Å². The molecule has 1 unspecified atom stereocenters. The topological polar surface area (TPSA) is 43.4 Å². The van der Waals surface area contributed by atoms with Crippen LogP contribution < -0.4 is 0 Å². The Balaban J connectivity index is 2.24. The minimum absolute atomic E-state index is 0.121. The molecule has 1 aliphatic heterocycles. The average molecular weight is 212 g/mol. The standard InChI is InChI=1S/C13H8O3/c14-11-8-4-1-2-5-9(8)12(15)13-10(11)6-3-7-16-13/h1-7,13H. The monoisotopic (exact) mass is 212 g/mol. The lowest BCUT2D eigenvalue weighted by Gasteiger charge is -2.26. The number of allylic oxidation sites excluding steroid dienone is 2. The predicted octanol–water partition coefficient (Wildman–Crippen LogP) is 1.90. The summed E-state index contributed by atoms with van der Waals surface area (Å²) in [5, 5.41) is 0. The maximum atomic E-state index is 12.1. The minimum atomic E-state index is -0.757. The number of ether oxygens (including phenoxy) is 1. The number of benzene rings is 1. The van der Waals surface area contributed by atoms with Crippen LogP contribution in [0.25, 0.3) is 0 Å². The van der Waals surface area contributed by atoms with Gasteiger partial charge in [-0.25, -0.2) is 0 Å². The van der Waals surface area contributed by atoms with E-state index in [1.54, 1.807) is 36.4 Å². The summed E-state index contributed by atoms with van der Waals surface area (Å²) in [7, 11) is 0. The third-order valence-corrected chi connectivity index (χ3v) is 2.79. The van der Waals surface area contributed by atoms with E-state index in [1.165, 1.54) is 6.26 Å². The van der Waals surface area contributed by atoms with Crippen LogP contribution in [0.5, 0.6) is 0 Å². The van der Waals surface area contributed by atoms with Crippen LogP contribution in [0.15, 0.2) is 48.3 Å². The molecule has 1 aromatic rings. The van der Waals surface area contributed by atoms with E-state index < -0.39 is 6.10 Å². The summed E-state index contributed by atoms with van der Waals surface area (Å²) < 4.78 is 5.20. The van der Waals surface area contributed by atoms with E-state index in [0.717, 1.165) is 0 Å². The molecule has 0 radical (unpaired) electrons. The van der Waals surface area contributed by atoms with E-state index in [2.05, 4.69) is 0 Å². The van der Waals surface area contributed by atoms with Crippen molar-refractivity contribution < 1.29 is 14.3 Å². The number of Topliss-reactive ketones (excluding diaryl/α,β-unsaturated/α-hetero) is 2. The molecule has 0 saturated carbocycles.